The zero-order valence-electron chi connectivity index (χ0n) is 9.49. The lowest BCUT2D eigenvalue weighted by Crippen LogP contribution is -2.52. The number of carbonyl (C=O) groups is 2. The van der Waals surface area contributed by atoms with Gasteiger partial charge in [-0.3, -0.25) is 14.9 Å². The Hall–Kier alpha value is -1.10. The van der Waals surface area contributed by atoms with E-state index in [9.17, 15) is 9.59 Å². The van der Waals surface area contributed by atoms with Crippen LogP contribution in [0.25, 0.3) is 0 Å². The van der Waals surface area contributed by atoms with Crippen molar-refractivity contribution in [1.29, 1.82) is 0 Å². The van der Waals surface area contributed by atoms with Crippen LogP contribution in [0.3, 0.4) is 0 Å². The van der Waals surface area contributed by atoms with Gasteiger partial charge in [0.25, 0.3) is 0 Å². The van der Waals surface area contributed by atoms with Crippen LogP contribution in [0.5, 0.6) is 0 Å². The lowest BCUT2D eigenvalue weighted by atomic mass is 10.0. The molecule has 5 nitrogen and oxygen atoms in total. The molecule has 1 heterocycles. The van der Waals surface area contributed by atoms with Crippen molar-refractivity contribution in [2.24, 2.45) is 5.92 Å². The summed E-state index contributed by atoms with van der Waals surface area (Å²) in [5.74, 6) is 0.337. The van der Waals surface area contributed by atoms with Gasteiger partial charge in [0.15, 0.2) is 0 Å². The molecule has 0 aromatic rings. The average molecular weight is 226 g/mol. The molecule has 5 heteroatoms. The van der Waals surface area contributed by atoms with Crippen LogP contribution in [-0.2, 0) is 14.3 Å². The number of nitrogens with one attached hydrogen (secondary N) is 2. The highest BCUT2D eigenvalue weighted by Gasteiger charge is 2.38. The Balaban J connectivity index is 1.85. The molecule has 2 atom stereocenters. The van der Waals surface area contributed by atoms with E-state index in [2.05, 4.69) is 10.6 Å². The topological polar surface area (TPSA) is 67.4 Å². The summed E-state index contributed by atoms with van der Waals surface area (Å²) >= 11 is 0. The lowest BCUT2D eigenvalue weighted by molar-refractivity contribution is -0.144. The summed E-state index contributed by atoms with van der Waals surface area (Å²) in [5.41, 5.74) is 0. The first-order valence-electron chi connectivity index (χ1n) is 5.81. The summed E-state index contributed by atoms with van der Waals surface area (Å²) in [6, 6.07) is 0.00685. The predicted octanol–water partition coefficient (Wildman–Crippen LogP) is -0.194. The Labute approximate surface area is 94.9 Å². The molecule has 2 rings (SSSR count). The highest BCUT2D eigenvalue weighted by Crippen LogP contribution is 2.33. The summed E-state index contributed by atoms with van der Waals surface area (Å²) in [6.45, 7) is 0.610. The molecule has 2 unspecified atom stereocenters. The highest BCUT2D eigenvalue weighted by atomic mass is 16.5. The molecule has 0 radical (unpaired) electrons. The first kappa shape index (κ1) is 11.4. The van der Waals surface area contributed by atoms with Crippen LogP contribution in [-0.4, -0.2) is 37.6 Å². The largest absolute Gasteiger partial charge is 0.468 e. The molecule has 1 saturated heterocycles. The van der Waals surface area contributed by atoms with Gasteiger partial charge in [0, 0.05) is 19.0 Å². The van der Waals surface area contributed by atoms with Gasteiger partial charge in [-0.15, -0.1) is 0 Å². The van der Waals surface area contributed by atoms with Gasteiger partial charge in [0.05, 0.1) is 7.11 Å². The highest BCUT2D eigenvalue weighted by molar-refractivity contribution is 5.77. The van der Waals surface area contributed by atoms with Crippen LogP contribution in [0.2, 0.25) is 0 Å². The van der Waals surface area contributed by atoms with Crippen LogP contribution >= 0.6 is 0 Å². The second-order valence-corrected chi connectivity index (χ2v) is 4.54. The van der Waals surface area contributed by atoms with Gasteiger partial charge in [-0.05, 0) is 25.2 Å². The molecule has 0 aromatic heterocycles. The van der Waals surface area contributed by atoms with E-state index in [1.807, 2.05) is 0 Å². The molecule has 2 aliphatic rings. The number of ether oxygens (including phenoxy) is 1. The molecule has 0 spiro atoms. The predicted molar refractivity (Wildman–Crippen MR) is 57.7 cm³/mol. The van der Waals surface area contributed by atoms with Crippen molar-refractivity contribution in [3.63, 3.8) is 0 Å². The van der Waals surface area contributed by atoms with Gasteiger partial charge >= 0.3 is 5.97 Å². The number of hydrogen-bond donors (Lipinski definition) is 2. The molecule has 1 aliphatic carbocycles. The van der Waals surface area contributed by atoms with Crippen molar-refractivity contribution in [2.45, 2.75) is 37.8 Å². The minimum Gasteiger partial charge on any atom is -0.468 e. The number of piperidine rings is 1. The van der Waals surface area contributed by atoms with Crippen LogP contribution in [0.1, 0.15) is 25.7 Å². The maximum Gasteiger partial charge on any atom is 0.323 e. The van der Waals surface area contributed by atoms with Gasteiger partial charge in [-0.1, -0.05) is 0 Å². The summed E-state index contributed by atoms with van der Waals surface area (Å²) in [6.07, 6.45) is 3.51. The number of rotatable bonds is 4. The number of carbonyl (C=O) groups excluding carboxylic acids is 2. The molecule has 2 N–H and O–H groups in total. The van der Waals surface area contributed by atoms with Crippen molar-refractivity contribution < 1.29 is 14.3 Å². The van der Waals surface area contributed by atoms with Gasteiger partial charge in [0.2, 0.25) is 5.91 Å². The summed E-state index contributed by atoms with van der Waals surface area (Å²) in [4.78, 5) is 22.6. The average Bonchev–Trinajstić information content (AvgIpc) is 3.11. The minimum absolute atomic E-state index is 0.0964. The number of amides is 1. The van der Waals surface area contributed by atoms with E-state index >= 15 is 0 Å². The third-order valence-electron chi connectivity index (χ3n) is 3.23. The fourth-order valence-corrected chi connectivity index (χ4v) is 2.08. The fourth-order valence-electron chi connectivity index (χ4n) is 2.08. The Morgan fingerprint density at radius 2 is 2.25 bits per heavy atom. The second kappa shape index (κ2) is 4.82. The van der Waals surface area contributed by atoms with Crippen LogP contribution in [0, 0.1) is 5.92 Å². The zero-order chi connectivity index (χ0) is 11.5. The molecule has 16 heavy (non-hydrogen) atoms. The van der Waals surface area contributed by atoms with Crippen LogP contribution in [0.15, 0.2) is 0 Å². The normalized spacial score (nSPS) is 27.1. The van der Waals surface area contributed by atoms with Crippen molar-refractivity contribution >= 4 is 11.9 Å². The van der Waals surface area contributed by atoms with Gasteiger partial charge < -0.3 is 10.1 Å². The lowest BCUT2D eigenvalue weighted by Gasteiger charge is -2.27. The molecule has 1 amide bonds. The van der Waals surface area contributed by atoms with Crippen LogP contribution < -0.4 is 10.6 Å². The maximum absolute atomic E-state index is 11.6. The Morgan fingerprint density at radius 1 is 1.50 bits per heavy atom. The second-order valence-electron chi connectivity index (χ2n) is 4.54. The Kier molecular flexibility index (Phi) is 3.43. The summed E-state index contributed by atoms with van der Waals surface area (Å²) < 4.78 is 4.79. The van der Waals surface area contributed by atoms with E-state index in [4.69, 9.17) is 4.74 Å². The van der Waals surface area contributed by atoms with Crippen LogP contribution in [0.4, 0.5) is 0 Å². The molecular weight excluding hydrogens is 208 g/mol. The van der Waals surface area contributed by atoms with Crippen molar-refractivity contribution in [3.8, 4) is 0 Å². The molecule has 0 aromatic carbocycles. The van der Waals surface area contributed by atoms with E-state index < -0.39 is 0 Å². The van der Waals surface area contributed by atoms with Gasteiger partial charge in [-0.25, -0.2) is 0 Å². The zero-order valence-corrected chi connectivity index (χ0v) is 9.49. The Bertz CT molecular complexity index is 279. The molecule has 2 fully saturated rings. The first-order chi connectivity index (χ1) is 7.70. The number of hydrogen-bond acceptors (Lipinski definition) is 4. The summed E-state index contributed by atoms with van der Waals surface area (Å²) in [7, 11) is 1.42. The molecule has 1 aliphatic heterocycles. The van der Waals surface area contributed by atoms with E-state index in [1.165, 1.54) is 7.11 Å². The SMILES string of the molecule is COC(=O)C(NC1CCC(=O)NC1)C1CC1. The minimum atomic E-state index is -0.190. The smallest absolute Gasteiger partial charge is 0.323 e. The standard InChI is InChI=1S/C11H18N2O3/c1-16-11(15)10(7-2-3-7)13-8-4-5-9(14)12-6-8/h7-8,10,13H,2-6H2,1H3,(H,12,14). The van der Waals surface area contributed by atoms with Crippen molar-refractivity contribution in [2.75, 3.05) is 13.7 Å². The quantitative estimate of drug-likeness (QED) is 0.652. The van der Waals surface area contributed by atoms with Crippen molar-refractivity contribution in [1.82, 2.24) is 10.6 Å². The number of methoxy groups -OCH3 is 1. The third-order valence-corrected chi connectivity index (χ3v) is 3.23. The molecule has 1 saturated carbocycles. The molecule has 90 valence electrons. The van der Waals surface area contributed by atoms with E-state index in [1.54, 1.807) is 0 Å². The Morgan fingerprint density at radius 3 is 2.75 bits per heavy atom. The van der Waals surface area contributed by atoms with E-state index in [0.717, 1.165) is 19.3 Å². The van der Waals surface area contributed by atoms with Crippen molar-refractivity contribution in [3.05, 3.63) is 0 Å². The maximum atomic E-state index is 11.6. The molecule has 0 bridgehead atoms. The first-order valence-corrected chi connectivity index (χ1v) is 5.81. The van der Waals surface area contributed by atoms with Gasteiger partial charge in [-0.2, -0.15) is 0 Å². The van der Waals surface area contributed by atoms with E-state index in [0.29, 0.717) is 18.9 Å². The molecular formula is C11H18N2O3. The summed E-state index contributed by atoms with van der Waals surface area (Å²) in [5, 5.41) is 6.10. The van der Waals surface area contributed by atoms with Gasteiger partial charge in [0.1, 0.15) is 6.04 Å². The third kappa shape index (κ3) is 2.72. The van der Waals surface area contributed by atoms with E-state index in [-0.39, 0.29) is 24.0 Å². The fraction of sp³-hybridized carbons (Fsp3) is 0.818. The monoisotopic (exact) mass is 226 g/mol. The number of esters is 1.